The zero-order valence-corrected chi connectivity index (χ0v) is 14.0. The van der Waals surface area contributed by atoms with Crippen LogP contribution in [0.1, 0.15) is 11.1 Å². The van der Waals surface area contributed by atoms with E-state index < -0.39 is 0 Å². The van der Waals surface area contributed by atoms with Crippen LogP contribution in [0.4, 0.5) is 5.69 Å². The number of carbonyl (C=O) groups excluding carboxylic acids is 1. The molecule has 2 unspecified atom stereocenters. The minimum Gasteiger partial charge on any atom is -0.379 e. The molecule has 0 aromatic heterocycles. The lowest BCUT2D eigenvalue weighted by Crippen LogP contribution is -2.68. The highest BCUT2D eigenvalue weighted by atomic mass is 16.5. The van der Waals surface area contributed by atoms with E-state index in [1.54, 1.807) is 0 Å². The molecule has 24 heavy (non-hydrogen) atoms. The second-order valence-corrected chi connectivity index (χ2v) is 6.45. The minimum absolute atomic E-state index is 0.0310. The topological polar surface area (TPSA) is 68.9 Å². The Balaban J connectivity index is 1.54. The molecule has 7 heteroatoms. The molecule has 0 spiro atoms. The Morgan fingerprint density at radius 2 is 1.88 bits per heavy atom. The van der Waals surface area contributed by atoms with Gasteiger partial charge in [-0.2, -0.15) is 0 Å². The normalized spacial score (nSPS) is 27.7. The number of nitrogens with one attached hydrogen (secondary N) is 3. The van der Waals surface area contributed by atoms with Crippen molar-refractivity contribution < 1.29 is 9.53 Å². The van der Waals surface area contributed by atoms with E-state index in [1.807, 2.05) is 17.3 Å². The number of hydrazine groups is 1. The number of para-hydroxylation sites is 1. The van der Waals surface area contributed by atoms with Crippen molar-refractivity contribution in [1.82, 2.24) is 21.0 Å². The number of rotatable bonds is 2. The highest BCUT2D eigenvalue weighted by Crippen LogP contribution is 2.28. The molecule has 3 aliphatic rings. The molecule has 2 atom stereocenters. The Labute approximate surface area is 141 Å². The lowest BCUT2D eigenvalue weighted by molar-refractivity contribution is -0.123. The number of hydrogen-bond donors (Lipinski definition) is 3. The van der Waals surface area contributed by atoms with Gasteiger partial charge in [0.25, 0.3) is 5.91 Å². The van der Waals surface area contributed by atoms with Crippen molar-refractivity contribution in [2.45, 2.75) is 26.3 Å². The van der Waals surface area contributed by atoms with Gasteiger partial charge in [0.2, 0.25) is 0 Å². The molecule has 128 valence electrons. The Morgan fingerprint density at radius 1 is 1.17 bits per heavy atom. The van der Waals surface area contributed by atoms with E-state index >= 15 is 0 Å². The second-order valence-electron chi connectivity index (χ2n) is 6.45. The number of hydrogen-bond acceptors (Lipinski definition) is 6. The first-order valence-corrected chi connectivity index (χ1v) is 8.35. The lowest BCUT2D eigenvalue weighted by atomic mass is 10.1. The van der Waals surface area contributed by atoms with Gasteiger partial charge in [-0.1, -0.05) is 18.2 Å². The van der Waals surface area contributed by atoms with Gasteiger partial charge in [0.1, 0.15) is 12.5 Å². The number of ether oxygens (including phenoxy) is 1. The second kappa shape index (κ2) is 6.18. The third kappa shape index (κ3) is 2.69. The van der Waals surface area contributed by atoms with Gasteiger partial charge in [-0.15, -0.1) is 0 Å². The molecule has 3 aliphatic heterocycles. The monoisotopic (exact) mass is 329 g/mol. The quantitative estimate of drug-likeness (QED) is 0.719. The Morgan fingerprint density at radius 3 is 2.58 bits per heavy atom. The minimum atomic E-state index is -0.189. The molecule has 0 radical (unpaired) electrons. The van der Waals surface area contributed by atoms with Crippen molar-refractivity contribution in [3.63, 3.8) is 0 Å². The average molecular weight is 329 g/mol. The van der Waals surface area contributed by atoms with Crippen LogP contribution >= 0.6 is 0 Å². The number of carbonyl (C=O) groups is 1. The summed E-state index contributed by atoms with van der Waals surface area (Å²) < 4.78 is 5.39. The van der Waals surface area contributed by atoms with Gasteiger partial charge in [-0.3, -0.25) is 20.0 Å². The molecule has 1 aromatic carbocycles. The molecule has 7 nitrogen and oxygen atoms in total. The summed E-state index contributed by atoms with van der Waals surface area (Å²) in [5.41, 5.74) is 7.55. The van der Waals surface area contributed by atoms with Crippen LogP contribution < -0.4 is 21.1 Å². The van der Waals surface area contributed by atoms with Crippen molar-refractivity contribution in [2.75, 3.05) is 31.3 Å². The van der Waals surface area contributed by atoms with E-state index in [0.717, 1.165) is 18.8 Å². The molecule has 1 amide bonds. The molecule has 0 saturated carbocycles. The van der Waals surface area contributed by atoms with Crippen molar-refractivity contribution in [2.24, 2.45) is 0 Å². The summed E-state index contributed by atoms with van der Waals surface area (Å²) in [5.74, 6) is -0.0310. The fourth-order valence-corrected chi connectivity index (χ4v) is 3.53. The molecule has 4 rings (SSSR count). The smallest absolute Gasteiger partial charge is 0.254 e. The van der Waals surface area contributed by atoms with Crippen molar-refractivity contribution in [3.05, 3.63) is 41.1 Å². The largest absolute Gasteiger partial charge is 0.379 e. The van der Waals surface area contributed by atoms with Gasteiger partial charge in [-0.05, 0) is 25.0 Å². The lowest BCUT2D eigenvalue weighted by Gasteiger charge is -2.40. The van der Waals surface area contributed by atoms with Crippen LogP contribution in [0.5, 0.6) is 0 Å². The predicted molar refractivity (Wildman–Crippen MR) is 90.9 cm³/mol. The first-order valence-electron chi connectivity index (χ1n) is 8.35. The van der Waals surface area contributed by atoms with Crippen molar-refractivity contribution in [3.8, 4) is 0 Å². The SMILES string of the molecule is Cc1cccc(C)c1N1C=C2C(=O)NC(N3CCOCC3)NC2N1. The number of benzene rings is 1. The third-order valence-corrected chi connectivity index (χ3v) is 4.79. The van der Waals surface area contributed by atoms with Crippen LogP contribution in [-0.4, -0.2) is 49.6 Å². The predicted octanol–water partition coefficient (Wildman–Crippen LogP) is 0.173. The van der Waals surface area contributed by atoms with Crippen LogP contribution in [-0.2, 0) is 9.53 Å². The molecule has 0 bridgehead atoms. The van der Waals surface area contributed by atoms with Crippen LogP contribution in [0.15, 0.2) is 30.0 Å². The number of aryl methyl sites for hydroxylation is 2. The summed E-state index contributed by atoms with van der Waals surface area (Å²) in [6, 6.07) is 6.20. The van der Waals surface area contributed by atoms with Gasteiger partial charge in [0.05, 0.1) is 24.5 Å². The molecule has 0 aliphatic carbocycles. The molecule has 2 saturated heterocycles. The Hall–Kier alpha value is -1.93. The van der Waals surface area contributed by atoms with E-state index in [4.69, 9.17) is 4.74 Å². The summed E-state index contributed by atoms with van der Waals surface area (Å²) in [6.07, 6.45) is 1.53. The van der Waals surface area contributed by atoms with E-state index in [1.165, 1.54) is 11.1 Å². The Bertz CT molecular complexity index is 663. The van der Waals surface area contributed by atoms with Crippen LogP contribution in [0.25, 0.3) is 0 Å². The summed E-state index contributed by atoms with van der Waals surface area (Å²) in [5, 5.41) is 8.47. The maximum Gasteiger partial charge on any atom is 0.254 e. The third-order valence-electron chi connectivity index (χ3n) is 4.79. The summed E-state index contributed by atoms with van der Waals surface area (Å²) in [7, 11) is 0. The highest BCUT2D eigenvalue weighted by molar-refractivity contribution is 5.96. The average Bonchev–Trinajstić information content (AvgIpc) is 3.00. The number of nitrogens with zero attached hydrogens (tertiary/aromatic N) is 2. The maximum atomic E-state index is 12.5. The van der Waals surface area contributed by atoms with Crippen LogP contribution in [0.3, 0.4) is 0 Å². The standard InChI is InChI=1S/C17H23N5O2/c1-11-4-3-5-12(2)14(11)22-10-13-15(20-22)18-17(19-16(13)23)21-6-8-24-9-7-21/h3-5,10,15,17-18,20H,6-9H2,1-2H3,(H,19,23). The molecule has 3 heterocycles. The van der Waals surface area contributed by atoms with Gasteiger partial charge < -0.3 is 10.1 Å². The molecular weight excluding hydrogens is 306 g/mol. The summed E-state index contributed by atoms with van der Waals surface area (Å²) in [4.78, 5) is 14.7. The first kappa shape index (κ1) is 15.6. The molecular formula is C17H23N5O2. The first-order chi connectivity index (χ1) is 11.6. The van der Waals surface area contributed by atoms with Crippen LogP contribution in [0, 0.1) is 13.8 Å². The fourth-order valence-electron chi connectivity index (χ4n) is 3.53. The van der Waals surface area contributed by atoms with Gasteiger partial charge in [-0.25, -0.2) is 5.43 Å². The van der Waals surface area contributed by atoms with Crippen molar-refractivity contribution in [1.29, 1.82) is 0 Å². The number of morpholine rings is 1. The highest BCUT2D eigenvalue weighted by Gasteiger charge is 2.38. The molecule has 1 aromatic rings. The van der Waals surface area contributed by atoms with E-state index in [-0.39, 0.29) is 18.4 Å². The van der Waals surface area contributed by atoms with Crippen molar-refractivity contribution >= 4 is 11.6 Å². The van der Waals surface area contributed by atoms with Crippen LogP contribution in [0.2, 0.25) is 0 Å². The summed E-state index contributed by atoms with van der Waals surface area (Å²) in [6.45, 7) is 7.17. The Kier molecular flexibility index (Phi) is 4.01. The number of anilines is 1. The van der Waals surface area contributed by atoms with E-state index in [0.29, 0.717) is 18.8 Å². The van der Waals surface area contributed by atoms with E-state index in [9.17, 15) is 4.79 Å². The molecule has 2 fully saturated rings. The van der Waals surface area contributed by atoms with Gasteiger partial charge >= 0.3 is 0 Å². The van der Waals surface area contributed by atoms with Gasteiger partial charge in [0.15, 0.2) is 0 Å². The maximum absolute atomic E-state index is 12.5. The number of amides is 1. The van der Waals surface area contributed by atoms with Gasteiger partial charge in [0, 0.05) is 19.3 Å². The zero-order chi connectivity index (χ0) is 16.7. The summed E-state index contributed by atoms with van der Waals surface area (Å²) >= 11 is 0. The van der Waals surface area contributed by atoms with E-state index in [2.05, 4.69) is 46.9 Å². The zero-order valence-electron chi connectivity index (χ0n) is 14.0. The fraction of sp³-hybridized carbons (Fsp3) is 0.471. The number of fused-ring (bicyclic) bond motifs is 1. The molecule has 3 N–H and O–H groups in total.